The van der Waals surface area contributed by atoms with Crippen LogP contribution in [0.4, 0.5) is 0 Å². The summed E-state index contributed by atoms with van der Waals surface area (Å²) in [5.41, 5.74) is 0.402. The largest absolute Gasteiger partial charge is 0.481 e. The second-order valence-electron chi connectivity index (χ2n) is 2.18. The minimum atomic E-state index is -0.414. The molecule has 0 rings (SSSR count). The molecule has 4 nitrogen and oxygen atoms in total. The van der Waals surface area contributed by atoms with Crippen LogP contribution in [0.1, 0.15) is 6.92 Å². The van der Waals surface area contributed by atoms with Crippen LogP contribution < -0.4 is 0 Å². The standard InChI is InChI=1S/C9H13NO3/c1-5-8(12-3)10-6-7(2)9(11)13-4/h5-6H,1H2,2-4H3/b7-6+,10-8+. The summed E-state index contributed by atoms with van der Waals surface area (Å²) in [6.45, 7) is 5.08. The first kappa shape index (κ1) is 11.4. The van der Waals surface area contributed by atoms with Gasteiger partial charge in [-0.15, -0.1) is 0 Å². The molecule has 72 valence electrons. The molecule has 0 heterocycles. The SMILES string of the molecule is C=C/C(=N\C=C(/C)C(=O)OC)OC. The van der Waals surface area contributed by atoms with E-state index in [1.165, 1.54) is 26.5 Å². The predicted molar refractivity (Wildman–Crippen MR) is 50.4 cm³/mol. The lowest BCUT2D eigenvalue weighted by Gasteiger charge is -1.97. The second-order valence-corrected chi connectivity index (χ2v) is 2.18. The van der Waals surface area contributed by atoms with Crippen molar-refractivity contribution in [1.29, 1.82) is 0 Å². The normalized spacial score (nSPS) is 12.2. The fourth-order valence-electron chi connectivity index (χ4n) is 0.563. The maximum atomic E-state index is 10.9. The molecule has 0 aliphatic rings. The number of esters is 1. The van der Waals surface area contributed by atoms with Crippen molar-refractivity contribution in [2.24, 2.45) is 4.99 Å². The summed E-state index contributed by atoms with van der Waals surface area (Å²) in [4.78, 5) is 14.7. The maximum Gasteiger partial charge on any atom is 0.334 e. The van der Waals surface area contributed by atoms with Gasteiger partial charge >= 0.3 is 5.97 Å². The zero-order chi connectivity index (χ0) is 10.3. The minimum Gasteiger partial charge on any atom is -0.481 e. The maximum absolute atomic E-state index is 10.9. The zero-order valence-electron chi connectivity index (χ0n) is 8.03. The Morgan fingerprint density at radius 3 is 2.38 bits per heavy atom. The van der Waals surface area contributed by atoms with E-state index in [-0.39, 0.29) is 0 Å². The van der Waals surface area contributed by atoms with Crippen molar-refractivity contribution in [3.8, 4) is 0 Å². The lowest BCUT2D eigenvalue weighted by molar-refractivity contribution is -0.136. The highest BCUT2D eigenvalue weighted by Crippen LogP contribution is 1.96. The van der Waals surface area contributed by atoms with Gasteiger partial charge in [-0.25, -0.2) is 9.79 Å². The third-order valence-electron chi connectivity index (χ3n) is 1.28. The summed E-state index contributed by atoms with van der Waals surface area (Å²) < 4.78 is 9.27. The summed E-state index contributed by atoms with van der Waals surface area (Å²) in [5, 5.41) is 0. The molecule has 0 aromatic rings. The first-order valence-electron chi connectivity index (χ1n) is 3.65. The molecule has 0 spiro atoms. The Balaban J connectivity index is 4.47. The molecule has 0 aliphatic carbocycles. The van der Waals surface area contributed by atoms with Crippen LogP contribution in [-0.4, -0.2) is 26.1 Å². The van der Waals surface area contributed by atoms with Gasteiger partial charge in [0.1, 0.15) is 0 Å². The first-order chi connectivity index (χ1) is 6.15. The Hall–Kier alpha value is -1.58. The number of aliphatic imine (C=N–C) groups is 1. The van der Waals surface area contributed by atoms with Crippen LogP contribution in [-0.2, 0) is 14.3 Å². The van der Waals surface area contributed by atoms with Crippen molar-refractivity contribution in [2.75, 3.05) is 14.2 Å². The molecular weight excluding hydrogens is 170 g/mol. The third kappa shape index (κ3) is 4.10. The van der Waals surface area contributed by atoms with Crippen LogP contribution in [0, 0.1) is 0 Å². The van der Waals surface area contributed by atoms with Crippen molar-refractivity contribution >= 4 is 11.9 Å². The van der Waals surface area contributed by atoms with Gasteiger partial charge in [-0.2, -0.15) is 0 Å². The molecule has 0 saturated carbocycles. The monoisotopic (exact) mass is 183 g/mol. The van der Waals surface area contributed by atoms with Crippen molar-refractivity contribution in [3.63, 3.8) is 0 Å². The Bertz CT molecular complexity index is 254. The Morgan fingerprint density at radius 1 is 1.38 bits per heavy atom. The van der Waals surface area contributed by atoms with Gasteiger partial charge in [-0.05, 0) is 13.0 Å². The fraction of sp³-hybridized carbons (Fsp3) is 0.333. The summed E-state index contributed by atoms with van der Waals surface area (Å²) in [6, 6.07) is 0. The molecule has 0 saturated heterocycles. The van der Waals surface area contributed by atoms with Gasteiger partial charge in [0.25, 0.3) is 0 Å². The Kier molecular flexibility index (Phi) is 5.27. The number of nitrogens with zero attached hydrogens (tertiary/aromatic N) is 1. The number of methoxy groups -OCH3 is 2. The molecule has 0 radical (unpaired) electrons. The molecule has 0 aliphatic heterocycles. The number of carbonyl (C=O) groups is 1. The summed E-state index contributed by atoms with van der Waals surface area (Å²) in [5.74, 6) is -0.0634. The molecule has 0 aromatic carbocycles. The Morgan fingerprint density at radius 2 is 2.00 bits per heavy atom. The van der Waals surface area contributed by atoms with E-state index in [0.717, 1.165) is 0 Å². The molecular formula is C9H13NO3. The lowest BCUT2D eigenvalue weighted by atomic mass is 10.3. The van der Waals surface area contributed by atoms with Gasteiger partial charge in [0, 0.05) is 6.20 Å². The number of hydrogen-bond donors (Lipinski definition) is 0. The third-order valence-corrected chi connectivity index (χ3v) is 1.28. The van der Waals surface area contributed by atoms with E-state index in [1.54, 1.807) is 6.92 Å². The van der Waals surface area contributed by atoms with Crippen LogP contribution >= 0.6 is 0 Å². The molecule has 0 fully saturated rings. The van der Waals surface area contributed by atoms with Crippen molar-refractivity contribution < 1.29 is 14.3 Å². The van der Waals surface area contributed by atoms with Crippen molar-refractivity contribution in [1.82, 2.24) is 0 Å². The molecule has 0 bridgehead atoms. The van der Waals surface area contributed by atoms with Crippen LogP contribution in [0.25, 0.3) is 0 Å². The molecule has 0 atom stereocenters. The number of ether oxygens (including phenoxy) is 2. The van der Waals surface area contributed by atoms with E-state index in [2.05, 4.69) is 16.3 Å². The van der Waals surface area contributed by atoms with Gasteiger partial charge in [0.2, 0.25) is 5.90 Å². The van der Waals surface area contributed by atoms with E-state index in [4.69, 9.17) is 4.74 Å². The van der Waals surface area contributed by atoms with Crippen LogP contribution in [0.5, 0.6) is 0 Å². The van der Waals surface area contributed by atoms with E-state index in [9.17, 15) is 4.79 Å². The van der Waals surface area contributed by atoms with Crippen molar-refractivity contribution in [2.45, 2.75) is 6.92 Å². The molecule has 13 heavy (non-hydrogen) atoms. The average molecular weight is 183 g/mol. The highest BCUT2D eigenvalue weighted by Gasteiger charge is 2.01. The number of rotatable bonds is 3. The van der Waals surface area contributed by atoms with Crippen LogP contribution in [0.2, 0.25) is 0 Å². The summed E-state index contributed by atoms with van der Waals surface area (Å²) >= 11 is 0. The van der Waals surface area contributed by atoms with Crippen molar-refractivity contribution in [3.05, 3.63) is 24.4 Å². The highest BCUT2D eigenvalue weighted by molar-refractivity contribution is 5.90. The zero-order valence-corrected chi connectivity index (χ0v) is 8.03. The molecule has 0 N–H and O–H groups in total. The number of hydrogen-bond acceptors (Lipinski definition) is 4. The predicted octanol–water partition coefficient (Wildman–Crippen LogP) is 1.29. The second kappa shape index (κ2) is 5.99. The van der Waals surface area contributed by atoms with E-state index in [0.29, 0.717) is 11.5 Å². The topological polar surface area (TPSA) is 47.9 Å². The van der Waals surface area contributed by atoms with E-state index in [1.807, 2.05) is 0 Å². The molecule has 0 aromatic heterocycles. The highest BCUT2D eigenvalue weighted by atomic mass is 16.5. The van der Waals surface area contributed by atoms with Crippen LogP contribution in [0.3, 0.4) is 0 Å². The summed E-state index contributed by atoms with van der Waals surface area (Å²) in [6.07, 6.45) is 2.81. The van der Waals surface area contributed by atoms with Gasteiger partial charge in [0.05, 0.1) is 19.8 Å². The minimum absolute atomic E-state index is 0.350. The molecule has 4 heteroatoms. The quantitative estimate of drug-likeness (QED) is 0.287. The van der Waals surface area contributed by atoms with E-state index >= 15 is 0 Å². The fourth-order valence-corrected chi connectivity index (χ4v) is 0.563. The lowest BCUT2D eigenvalue weighted by Crippen LogP contribution is -2.01. The smallest absolute Gasteiger partial charge is 0.334 e. The summed E-state index contributed by atoms with van der Waals surface area (Å²) in [7, 11) is 2.79. The molecule has 0 amide bonds. The Labute approximate surface area is 77.6 Å². The number of carbonyl (C=O) groups excluding carboxylic acids is 1. The van der Waals surface area contributed by atoms with E-state index < -0.39 is 5.97 Å². The van der Waals surface area contributed by atoms with Gasteiger partial charge in [0.15, 0.2) is 0 Å². The van der Waals surface area contributed by atoms with Gasteiger partial charge in [-0.1, -0.05) is 6.58 Å². The molecule has 0 unspecified atom stereocenters. The van der Waals surface area contributed by atoms with Crippen LogP contribution in [0.15, 0.2) is 29.4 Å². The van der Waals surface area contributed by atoms with Gasteiger partial charge < -0.3 is 9.47 Å². The first-order valence-corrected chi connectivity index (χ1v) is 3.65. The van der Waals surface area contributed by atoms with Gasteiger partial charge in [-0.3, -0.25) is 0 Å². The average Bonchev–Trinajstić information content (AvgIpc) is 2.17.